The molecule has 158 valence electrons. The Balaban J connectivity index is 1.38. The number of nitrogens with zero attached hydrogens (tertiary/aromatic N) is 3. The fourth-order valence-corrected chi connectivity index (χ4v) is 5.31. The Morgan fingerprint density at radius 3 is 2.47 bits per heavy atom. The molecule has 0 aliphatic carbocycles. The summed E-state index contributed by atoms with van der Waals surface area (Å²) < 4.78 is 30.5. The molecule has 1 aliphatic rings. The maximum atomic E-state index is 12.5. The molecule has 2 aromatic carbocycles. The zero-order valence-electron chi connectivity index (χ0n) is 16.9. The lowest BCUT2D eigenvalue weighted by atomic mass is 10.2. The van der Waals surface area contributed by atoms with Gasteiger partial charge < -0.3 is 14.5 Å². The number of para-hydroxylation sites is 1. The molecule has 30 heavy (non-hydrogen) atoms. The number of amides is 1. The van der Waals surface area contributed by atoms with Crippen LogP contribution in [0.3, 0.4) is 0 Å². The van der Waals surface area contributed by atoms with Crippen molar-refractivity contribution in [2.24, 2.45) is 0 Å². The van der Waals surface area contributed by atoms with Crippen molar-refractivity contribution >= 4 is 42.4 Å². The molecule has 0 radical (unpaired) electrons. The highest BCUT2D eigenvalue weighted by molar-refractivity contribution is 7.91. The highest BCUT2D eigenvalue weighted by Crippen LogP contribution is 2.33. The number of piperazine rings is 1. The van der Waals surface area contributed by atoms with E-state index in [0.717, 1.165) is 15.4 Å². The Hall–Kier alpha value is -2.65. The van der Waals surface area contributed by atoms with Gasteiger partial charge in [0.2, 0.25) is 0 Å². The number of aryl methyl sites for hydroxylation is 1. The quantitative estimate of drug-likeness (QED) is 0.601. The van der Waals surface area contributed by atoms with E-state index in [1.165, 1.54) is 17.6 Å². The maximum Gasteiger partial charge on any atom is 0.260 e. The fraction of sp³-hybridized carbons (Fsp3) is 0.333. The zero-order valence-corrected chi connectivity index (χ0v) is 18.5. The molecule has 1 aromatic heterocycles. The van der Waals surface area contributed by atoms with Crippen LogP contribution in [0.25, 0.3) is 10.2 Å². The van der Waals surface area contributed by atoms with Gasteiger partial charge in [0.25, 0.3) is 5.91 Å². The van der Waals surface area contributed by atoms with Crippen LogP contribution in [-0.2, 0) is 14.6 Å². The van der Waals surface area contributed by atoms with Gasteiger partial charge in [0.1, 0.15) is 11.3 Å². The van der Waals surface area contributed by atoms with E-state index < -0.39 is 9.84 Å². The summed E-state index contributed by atoms with van der Waals surface area (Å²) in [6.07, 6.45) is 1.20. The van der Waals surface area contributed by atoms with Crippen LogP contribution in [0, 0.1) is 6.92 Å². The van der Waals surface area contributed by atoms with Crippen LogP contribution in [0.1, 0.15) is 5.56 Å². The van der Waals surface area contributed by atoms with Crippen molar-refractivity contribution in [2.75, 3.05) is 43.9 Å². The predicted molar refractivity (Wildman–Crippen MR) is 118 cm³/mol. The fourth-order valence-electron chi connectivity index (χ4n) is 3.36. The number of hydrogen-bond acceptors (Lipinski definition) is 7. The first-order chi connectivity index (χ1) is 14.3. The molecule has 7 nitrogen and oxygen atoms in total. The first-order valence-electron chi connectivity index (χ1n) is 9.63. The molecule has 0 spiro atoms. The first kappa shape index (κ1) is 20.6. The molecule has 1 amide bonds. The molecule has 4 rings (SSSR count). The van der Waals surface area contributed by atoms with Gasteiger partial charge in [-0.25, -0.2) is 13.4 Å². The number of aromatic nitrogens is 1. The second-order valence-electron chi connectivity index (χ2n) is 7.34. The lowest BCUT2D eigenvalue weighted by molar-refractivity contribution is -0.133. The largest absolute Gasteiger partial charge is 0.484 e. The summed E-state index contributed by atoms with van der Waals surface area (Å²) in [6, 6.07) is 12.8. The van der Waals surface area contributed by atoms with E-state index in [9.17, 15) is 13.2 Å². The third-order valence-corrected chi connectivity index (χ3v) is 7.27. The van der Waals surface area contributed by atoms with Gasteiger partial charge in [-0.15, -0.1) is 0 Å². The minimum absolute atomic E-state index is 0.0158. The number of hydrogen-bond donors (Lipinski definition) is 0. The predicted octanol–water partition coefficient (Wildman–Crippen LogP) is 2.74. The van der Waals surface area contributed by atoms with E-state index in [-0.39, 0.29) is 17.4 Å². The number of benzene rings is 2. The van der Waals surface area contributed by atoms with E-state index in [4.69, 9.17) is 4.74 Å². The van der Waals surface area contributed by atoms with Crippen LogP contribution < -0.4 is 9.64 Å². The number of fused-ring (bicyclic) bond motifs is 1. The molecule has 1 saturated heterocycles. The van der Waals surface area contributed by atoms with Gasteiger partial charge >= 0.3 is 0 Å². The molecule has 0 bridgehead atoms. The van der Waals surface area contributed by atoms with Crippen molar-refractivity contribution in [1.82, 2.24) is 9.88 Å². The first-order valence-corrected chi connectivity index (χ1v) is 12.3. The van der Waals surface area contributed by atoms with Gasteiger partial charge in [-0.05, 0) is 31.2 Å². The zero-order chi connectivity index (χ0) is 21.3. The van der Waals surface area contributed by atoms with Gasteiger partial charge in [-0.2, -0.15) is 0 Å². The Morgan fingerprint density at radius 2 is 1.80 bits per heavy atom. The molecule has 1 fully saturated rings. The summed E-state index contributed by atoms with van der Waals surface area (Å²) in [6.45, 7) is 4.45. The smallest absolute Gasteiger partial charge is 0.260 e. The highest BCUT2D eigenvalue weighted by atomic mass is 32.2. The third kappa shape index (κ3) is 4.41. The number of anilines is 1. The highest BCUT2D eigenvalue weighted by Gasteiger charge is 2.24. The van der Waals surface area contributed by atoms with Crippen LogP contribution in [0.4, 0.5) is 5.13 Å². The number of carbonyl (C=O) groups is 1. The van der Waals surface area contributed by atoms with Crippen LogP contribution in [0.2, 0.25) is 0 Å². The van der Waals surface area contributed by atoms with Gasteiger partial charge in [-0.3, -0.25) is 4.79 Å². The average molecular weight is 446 g/mol. The number of thiazole rings is 1. The number of sulfone groups is 1. The molecular formula is C21H23N3O4S2. The minimum Gasteiger partial charge on any atom is -0.484 e. The van der Waals surface area contributed by atoms with Gasteiger partial charge in [-0.1, -0.05) is 35.1 Å². The summed E-state index contributed by atoms with van der Waals surface area (Å²) >= 11 is 1.47. The maximum absolute atomic E-state index is 12.5. The summed E-state index contributed by atoms with van der Waals surface area (Å²) in [5, 5.41) is 0.782. The minimum atomic E-state index is -3.34. The van der Waals surface area contributed by atoms with Gasteiger partial charge in [0.15, 0.2) is 21.6 Å². The van der Waals surface area contributed by atoms with E-state index >= 15 is 0 Å². The Bertz CT molecular complexity index is 1160. The van der Waals surface area contributed by atoms with Crippen LogP contribution in [0.5, 0.6) is 5.75 Å². The SMILES string of the molecule is Cc1ccc(OCC(=O)N2CCN(c3nc4c(S(C)(=O)=O)cccc4s3)CC2)cc1. The normalized spacial score (nSPS) is 14.9. The van der Waals surface area contributed by atoms with Crippen molar-refractivity contribution in [3.8, 4) is 5.75 Å². The van der Waals surface area contributed by atoms with E-state index in [1.54, 1.807) is 17.0 Å². The summed E-state index contributed by atoms with van der Waals surface area (Å²) in [4.78, 5) is 21.2. The van der Waals surface area contributed by atoms with E-state index in [0.29, 0.717) is 37.4 Å². The van der Waals surface area contributed by atoms with Crippen LogP contribution >= 0.6 is 11.3 Å². The molecule has 1 aliphatic heterocycles. The van der Waals surface area contributed by atoms with Crippen molar-refractivity contribution < 1.29 is 17.9 Å². The van der Waals surface area contributed by atoms with Gasteiger partial charge in [0, 0.05) is 32.4 Å². The summed E-state index contributed by atoms with van der Waals surface area (Å²) in [7, 11) is -3.34. The van der Waals surface area contributed by atoms with Crippen molar-refractivity contribution in [1.29, 1.82) is 0 Å². The van der Waals surface area contributed by atoms with E-state index in [2.05, 4.69) is 9.88 Å². The molecule has 0 N–H and O–H groups in total. The summed E-state index contributed by atoms with van der Waals surface area (Å²) in [5.74, 6) is 0.641. The average Bonchev–Trinajstić information content (AvgIpc) is 3.17. The number of carbonyl (C=O) groups excluding carboxylic acids is 1. The molecule has 0 atom stereocenters. The topological polar surface area (TPSA) is 79.8 Å². The molecule has 0 saturated carbocycles. The number of ether oxygens (including phenoxy) is 1. The second kappa shape index (κ2) is 8.23. The molecule has 2 heterocycles. The number of rotatable bonds is 5. The van der Waals surface area contributed by atoms with E-state index in [1.807, 2.05) is 37.3 Å². The molecule has 0 unspecified atom stereocenters. The Morgan fingerprint density at radius 1 is 1.10 bits per heavy atom. The Labute approximate surface area is 179 Å². The molecule has 3 aromatic rings. The summed E-state index contributed by atoms with van der Waals surface area (Å²) in [5.41, 5.74) is 1.66. The van der Waals surface area contributed by atoms with Crippen LogP contribution in [-0.4, -0.2) is 63.3 Å². The Kier molecular flexibility index (Phi) is 5.66. The van der Waals surface area contributed by atoms with Crippen molar-refractivity contribution in [3.63, 3.8) is 0 Å². The molecule has 9 heteroatoms. The van der Waals surface area contributed by atoms with Gasteiger partial charge in [0.05, 0.1) is 9.60 Å². The standard InChI is InChI=1S/C21H23N3O4S2/c1-15-6-8-16(9-7-15)28-14-19(25)23-10-12-24(13-11-23)21-22-20-17(29-21)4-3-5-18(20)30(2,26)27/h3-9H,10-14H2,1-2H3. The van der Waals surface area contributed by atoms with Crippen molar-refractivity contribution in [3.05, 3.63) is 48.0 Å². The van der Waals surface area contributed by atoms with Crippen LogP contribution in [0.15, 0.2) is 47.4 Å². The molecular weight excluding hydrogens is 422 g/mol. The third-order valence-electron chi connectivity index (χ3n) is 5.06. The lowest BCUT2D eigenvalue weighted by Gasteiger charge is -2.34. The monoisotopic (exact) mass is 445 g/mol. The van der Waals surface area contributed by atoms with Crippen molar-refractivity contribution in [2.45, 2.75) is 11.8 Å². The lowest BCUT2D eigenvalue weighted by Crippen LogP contribution is -2.50. The second-order valence-corrected chi connectivity index (χ2v) is 10.3.